The van der Waals surface area contributed by atoms with Crippen LogP contribution >= 0.6 is 0 Å². The van der Waals surface area contributed by atoms with Crippen LogP contribution in [0.3, 0.4) is 0 Å². The second kappa shape index (κ2) is 9.40. The quantitative estimate of drug-likeness (QED) is 0.842. The first-order valence-corrected chi connectivity index (χ1v) is 10.4. The van der Waals surface area contributed by atoms with Crippen molar-refractivity contribution in [3.63, 3.8) is 0 Å². The molecule has 0 spiro atoms. The van der Waals surface area contributed by atoms with Gasteiger partial charge in [0.2, 0.25) is 5.91 Å². The van der Waals surface area contributed by atoms with Crippen molar-refractivity contribution in [2.45, 2.75) is 64.3 Å². The normalized spacial score (nSPS) is 24.5. The highest BCUT2D eigenvalue weighted by molar-refractivity contribution is 5.79. The van der Waals surface area contributed by atoms with Gasteiger partial charge in [-0.25, -0.2) is 0 Å². The van der Waals surface area contributed by atoms with Gasteiger partial charge in [0, 0.05) is 25.0 Å². The second-order valence-electron chi connectivity index (χ2n) is 8.01. The molecule has 1 aliphatic heterocycles. The van der Waals surface area contributed by atoms with Gasteiger partial charge in [-0.15, -0.1) is 0 Å². The van der Waals surface area contributed by atoms with Crippen molar-refractivity contribution in [1.29, 1.82) is 0 Å². The van der Waals surface area contributed by atoms with Crippen molar-refractivity contribution < 1.29 is 9.53 Å². The summed E-state index contributed by atoms with van der Waals surface area (Å²) in [6.07, 6.45) is 8.71. The summed E-state index contributed by atoms with van der Waals surface area (Å²) in [6.45, 7) is 4.58. The van der Waals surface area contributed by atoms with Gasteiger partial charge in [-0.1, -0.05) is 18.6 Å². The molecule has 1 amide bonds. The van der Waals surface area contributed by atoms with Crippen LogP contribution in [0.5, 0.6) is 5.75 Å². The molecule has 0 bridgehead atoms. The molecule has 1 heterocycles. The number of hydrogen-bond acceptors (Lipinski definition) is 3. The van der Waals surface area contributed by atoms with E-state index >= 15 is 0 Å². The van der Waals surface area contributed by atoms with Crippen LogP contribution in [0.4, 0.5) is 0 Å². The third-order valence-electron chi connectivity index (χ3n) is 6.07. The zero-order valence-electron chi connectivity index (χ0n) is 16.2. The summed E-state index contributed by atoms with van der Waals surface area (Å²) in [5, 5.41) is 0. The van der Waals surface area contributed by atoms with E-state index in [9.17, 15) is 4.79 Å². The fourth-order valence-corrected chi connectivity index (χ4v) is 4.44. The van der Waals surface area contributed by atoms with Gasteiger partial charge in [0.25, 0.3) is 0 Å². The zero-order valence-corrected chi connectivity index (χ0v) is 16.2. The fraction of sp³-hybridized carbons (Fsp3) is 0.682. The summed E-state index contributed by atoms with van der Waals surface area (Å²) in [4.78, 5) is 14.8. The average Bonchev–Trinajstić information content (AvgIpc) is 2.67. The van der Waals surface area contributed by atoms with Gasteiger partial charge in [-0.2, -0.15) is 0 Å². The number of benzene rings is 1. The van der Waals surface area contributed by atoms with E-state index in [2.05, 4.69) is 29.2 Å². The maximum Gasteiger partial charge on any atom is 0.225 e. The number of nitrogens with two attached hydrogens (primary N) is 1. The Kier molecular flexibility index (Phi) is 6.95. The van der Waals surface area contributed by atoms with Crippen LogP contribution in [0, 0.1) is 11.8 Å². The van der Waals surface area contributed by atoms with E-state index in [0.717, 1.165) is 69.7 Å². The first-order chi connectivity index (χ1) is 12.7. The molecule has 2 aliphatic rings. The molecule has 4 nitrogen and oxygen atoms in total. The first-order valence-electron chi connectivity index (χ1n) is 10.4. The highest BCUT2D eigenvalue weighted by atomic mass is 16.5. The van der Waals surface area contributed by atoms with E-state index < -0.39 is 0 Å². The molecule has 144 valence electrons. The van der Waals surface area contributed by atoms with Crippen molar-refractivity contribution in [2.24, 2.45) is 17.6 Å². The molecular weight excluding hydrogens is 324 g/mol. The van der Waals surface area contributed by atoms with Crippen LogP contribution in [-0.4, -0.2) is 36.5 Å². The number of rotatable bonds is 6. The number of carbonyl (C=O) groups excluding carboxylic acids is 1. The number of hydrogen-bond donors (Lipinski definition) is 1. The van der Waals surface area contributed by atoms with Crippen LogP contribution in [0.2, 0.25) is 0 Å². The van der Waals surface area contributed by atoms with Gasteiger partial charge in [0.15, 0.2) is 0 Å². The first kappa shape index (κ1) is 19.2. The number of aryl methyl sites for hydroxylation is 1. The lowest BCUT2D eigenvalue weighted by atomic mass is 9.84. The number of ether oxygens (including phenoxy) is 1. The van der Waals surface area contributed by atoms with Crippen LogP contribution < -0.4 is 10.5 Å². The third kappa shape index (κ3) is 5.23. The fourth-order valence-electron chi connectivity index (χ4n) is 4.44. The molecule has 2 fully saturated rings. The molecule has 0 aromatic heterocycles. The lowest BCUT2D eigenvalue weighted by molar-refractivity contribution is -0.138. The highest BCUT2D eigenvalue weighted by Crippen LogP contribution is 2.28. The summed E-state index contributed by atoms with van der Waals surface area (Å²) in [5.74, 6) is 2.23. The standard InChI is InChI=1S/C22H34N2O2/c1-2-26-21-10-8-17(9-11-21)6-7-18-12-14-24(15-13-18)22(25)19-4-3-5-20(23)16-19/h8-11,18-20H,2-7,12-16,23H2,1H3. The minimum absolute atomic E-state index is 0.180. The number of likely N-dealkylation sites (tertiary alicyclic amines) is 1. The van der Waals surface area contributed by atoms with Gasteiger partial charge in [0.05, 0.1) is 6.61 Å². The van der Waals surface area contributed by atoms with E-state index in [1.54, 1.807) is 0 Å². The summed E-state index contributed by atoms with van der Waals surface area (Å²) < 4.78 is 5.50. The van der Waals surface area contributed by atoms with Crippen molar-refractivity contribution >= 4 is 5.91 Å². The molecule has 1 saturated carbocycles. The Morgan fingerprint density at radius 2 is 1.88 bits per heavy atom. The average molecular weight is 359 g/mol. The molecule has 3 rings (SSSR count). The molecule has 1 saturated heterocycles. The summed E-state index contributed by atoms with van der Waals surface area (Å²) in [7, 11) is 0. The van der Waals surface area contributed by atoms with Crippen LogP contribution in [0.15, 0.2) is 24.3 Å². The summed E-state index contributed by atoms with van der Waals surface area (Å²) >= 11 is 0. The highest BCUT2D eigenvalue weighted by Gasteiger charge is 2.31. The Bertz CT molecular complexity index is 564. The second-order valence-corrected chi connectivity index (χ2v) is 8.01. The number of piperidine rings is 1. The number of amides is 1. The SMILES string of the molecule is CCOc1ccc(CCC2CCN(C(=O)C3CCCC(N)C3)CC2)cc1. The largest absolute Gasteiger partial charge is 0.494 e. The van der Waals surface area contributed by atoms with E-state index in [1.807, 2.05) is 6.92 Å². The van der Waals surface area contributed by atoms with Gasteiger partial charge in [-0.05, 0) is 75.5 Å². The molecule has 2 N–H and O–H groups in total. The molecule has 4 heteroatoms. The van der Waals surface area contributed by atoms with Crippen LogP contribution in [-0.2, 0) is 11.2 Å². The molecule has 0 radical (unpaired) electrons. The minimum Gasteiger partial charge on any atom is -0.494 e. The van der Waals surface area contributed by atoms with E-state index in [4.69, 9.17) is 10.5 Å². The predicted octanol–water partition coefficient (Wildman–Crippen LogP) is 3.77. The maximum absolute atomic E-state index is 12.7. The van der Waals surface area contributed by atoms with Crippen LogP contribution in [0.25, 0.3) is 0 Å². The number of carbonyl (C=O) groups is 1. The van der Waals surface area contributed by atoms with Gasteiger partial charge in [-0.3, -0.25) is 4.79 Å². The van der Waals surface area contributed by atoms with Gasteiger partial charge in [0.1, 0.15) is 5.75 Å². The molecular formula is C22H34N2O2. The Morgan fingerprint density at radius 3 is 2.54 bits per heavy atom. The molecule has 1 aliphatic carbocycles. The van der Waals surface area contributed by atoms with Crippen molar-refractivity contribution in [3.8, 4) is 5.75 Å². The zero-order chi connectivity index (χ0) is 18.4. The Morgan fingerprint density at radius 1 is 1.15 bits per heavy atom. The van der Waals surface area contributed by atoms with E-state index in [0.29, 0.717) is 12.5 Å². The van der Waals surface area contributed by atoms with E-state index in [1.165, 1.54) is 12.0 Å². The van der Waals surface area contributed by atoms with Gasteiger partial charge < -0.3 is 15.4 Å². The molecule has 2 unspecified atom stereocenters. The van der Waals surface area contributed by atoms with Gasteiger partial charge >= 0.3 is 0 Å². The predicted molar refractivity (Wildman–Crippen MR) is 105 cm³/mol. The Labute approximate surface area is 158 Å². The topological polar surface area (TPSA) is 55.6 Å². The molecule has 1 aromatic rings. The van der Waals surface area contributed by atoms with Crippen molar-refractivity contribution in [1.82, 2.24) is 4.90 Å². The third-order valence-corrected chi connectivity index (χ3v) is 6.07. The molecule has 26 heavy (non-hydrogen) atoms. The summed E-state index contributed by atoms with van der Waals surface area (Å²) in [6, 6.07) is 8.71. The molecule has 1 aromatic carbocycles. The van der Waals surface area contributed by atoms with Crippen molar-refractivity contribution in [3.05, 3.63) is 29.8 Å². The maximum atomic E-state index is 12.7. The Balaban J connectivity index is 1.40. The lowest BCUT2D eigenvalue weighted by Gasteiger charge is -2.36. The van der Waals surface area contributed by atoms with Crippen LogP contribution in [0.1, 0.15) is 57.4 Å². The lowest BCUT2D eigenvalue weighted by Crippen LogP contribution is -2.44. The van der Waals surface area contributed by atoms with Crippen molar-refractivity contribution in [2.75, 3.05) is 19.7 Å². The Hall–Kier alpha value is -1.55. The molecule has 2 atom stereocenters. The van der Waals surface area contributed by atoms with E-state index in [-0.39, 0.29) is 12.0 Å². The summed E-state index contributed by atoms with van der Waals surface area (Å²) in [5.41, 5.74) is 7.43. The monoisotopic (exact) mass is 358 g/mol. The smallest absolute Gasteiger partial charge is 0.225 e. The minimum atomic E-state index is 0.180. The number of nitrogens with zero attached hydrogens (tertiary/aromatic N) is 1.